The van der Waals surface area contributed by atoms with Gasteiger partial charge in [-0.15, -0.1) is 0 Å². The molecule has 5 unspecified atom stereocenters. The Bertz CT molecular complexity index is 792. The maximum absolute atomic E-state index is 13.1. The van der Waals surface area contributed by atoms with Gasteiger partial charge in [0.1, 0.15) is 18.1 Å². The fraction of sp³-hybridized carbons (Fsp3) is 0.667. The van der Waals surface area contributed by atoms with E-state index >= 15 is 0 Å². The van der Waals surface area contributed by atoms with Crippen LogP contribution < -0.4 is 27.4 Å². The number of aromatic nitrogens is 2. The van der Waals surface area contributed by atoms with Crippen molar-refractivity contribution < 1.29 is 24.3 Å². The van der Waals surface area contributed by atoms with Crippen LogP contribution >= 0.6 is 12.6 Å². The highest BCUT2D eigenvalue weighted by Gasteiger charge is 2.31. The lowest BCUT2D eigenvalue weighted by Crippen LogP contribution is -2.58. The van der Waals surface area contributed by atoms with Gasteiger partial charge in [0, 0.05) is 24.1 Å². The van der Waals surface area contributed by atoms with Crippen molar-refractivity contribution in [3.8, 4) is 0 Å². The van der Waals surface area contributed by atoms with Gasteiger partial charge in [-0.3, -0.25) is 14.4 Å². The second-order valence-electron chi connectivity index (χ2n) is 8.19. The minimum atomic E-state index is -1.15. The molecule has 34 heavy (non-hydrogen) atoms. The second-order valence-corrected chi connectivity index (χ2v) is 8.55. The normalized spacial score (nSPS) is 15.4. The standard InChI is InChI=1S/C21H37N7O5S/c1-3-12(2)17(21(32)33)28-19(30)15(6-4-5-7-22)26-20(31)16(8-13-9-24-11-25-13)27-18(29)14(23)10-34/h9,11-12,14-17,34H,3-8,10,22-23H2,1-2H3,(H,24,25)(H,26,31)(H,27,29)(H,28,30)(H,32,33). The summed E-state index contributed by atoms with van der Waals surface area (Å²) in [4.78, 5) is 56.9. The fourth-order valence-electron chi connectivity index (χ4n) is 3.16. The molecule has 1 aromatic heterocycles. The summed E-state index contributed by atoms with van der Waals surface area (Å²) in [5, 5.41) is 17.3. The van der Waals surface area contributed by atoms with Crippen LogP contribution in [0.15, 0.2) is 12.5 Å². The van der Waals surface area contributed by atoms with E-state index < -0.39 is 47.9 Å². The third kappa shape index (κ3) is 9.69. The summed E-state index contributed by atoms with van der Waals surface area (Å²) in [5.41, 5.74) is 11.9. The molecule has 1 rings (SSSR count). The molecule has 0 spiro atoms. The molecule has 5 atom stereocenters. The van der Waals surface area contributed by atoms with E-state index in [9.17, 15) is 24.3 Å². The molecule has 3 amide bonds. The number of unbranched alkanes of at least 4 members (excludes halogenated alkanes) is 1. The van der Waals surface area contributed by atoms with Crippen LogP contribution in [0.5, 0.6) is 0 Å². The molecule has 0 saturated carbocycles. The number of carbonyl (C=O) groups is 4. The zero-order chi connectivity index (χ0) is 25.7. The van der Waals surface area contributed by atoms with Crippen molar-refractivity contribution in [2.45, 2.75) is 70.1 Å². The molecule has 1 heterocycles. The Morgan fingerprint density at radius 1 is 1.12 bits per heavy atom. The number of nitrogens with zero attached hydrogens (tertiary/aromatic N) is 1. The van der Waals surface area contributed by atoms with Gasteiger partial charge in [-0.25, -0.2) is 9.78 Å². The summed E-state index contributed by atoms with van der Waals surface area (Å²) in [6.07, 6.45) is 5.00. The van der Waals surface area contributed by atoms with Crippen molar-refractivity contribution in [3.63, 3.8) is 0 Å². The van der Waals surface area contributed by atoms with E-state index in [1.54, 1.807) is 6.92 Å². The number of aromatic amines is 1. The number of hydrogen-bond donors (Lipinski definition) is 8. The van der Waals surface area contributed by atoms with Crippen LogP contribution in [-0.2, 0) is 25.6 Å². The zero-order valence-electron chi connectivity index (χ0n) is 19.6. The first kappa shape index (κ1) is 29.4. The van der Waals surface area contributed by atoms with E-state index in [4.69, 9.17) is 11.5 Å². The van der Waals surface area contributed by atoms with E-state index in [2.05, 4.69) is 38.5 Å². The van der Waals surface area contributed by atoms with E-state index in [1.165, 1.54) is 12.5 Å². The number of rotatable bonds is 16. The van der Waals surface area contributed by atoms with Gasteiger partial charge in [0.25, 0.3) is 0 Å². The van der Waals surface area contributed by atoms with E-state index in [0.717, 1.165) is 0 Å². The second kappa shape index (κ2) is 15.3. The van der Waals surface area contributed by atoms with Gasteiger partial charge in [-0.1, -0.05) is 20.3 Å². The lowest BCUT2D eigenvalue weighted by molar-refractivity contribution is -0.144. The number of nitrogens with two attached hydrogens (primary N) is 2. The maximum Gasteiger partial charge on any atom is 0.326 e. The predicted octanol–water partition coefficient (Wildman–Crippen LogP) is -1.08. The van der Waals surface area contributed by atoms with Gasteiger partial charge >= 0.3 is 5.97 Å². The lowest BCUT2D eigenvalue weighted by Gasteiger charge is -2.26. The first-order valence-corrected chi connectivity index (χ1v) is 11.9. The van der Waals surface area contributed by atoms with E-state index in [-0.39, 0.29) is 24.5 Å². The van der Waals surface area contributed by atoms with Crippen LogP contribution in [0.4, 0.5) is 0 Å². The third-order valence-electron chi connectivity index (χ3n) is 5.50. The molecule has 0 aliphatic rings. The number of carboxylic acids is 1. The Morgan fingerprint density at radius 2 is 1.76 bits per heavy atom. The Kier molecular flexibility index (Phi) is 13.2. The molecule has 13 heteroatoms. The monoisotopic (exact) mass is 499 g/mol. The molecule has 0 aliphatic carbocycles. The largest absolute Gasteiger partial charge is 0.480 e. The Hall–Kier alpha value is -2.64. The molecule has 192 valence electrons. The summed E-state index contributed by atoms with van der Waals surface area (Å²) in [6.45, 7) is 3.96. The summed E-state index contributed by atoms with van der Waals surface area (Å²) < 4.78 is 0. The molecule has 0 bridgehead atoms. The molecular weight excluding hydrogens is 462 g/mol. The Balaban J connectivity index is 3.04. The topological polar surface area (TPSA) is 205 Å². The van der Waals surface area contributed by atoms with E-state index in [1.807, 2.05) is 6.92 Å². The summed E-state index contributed by atoms with van der Waals surface area (Å²) >= 11 is 4.01. The van der Waals surface area contributed by atoms with Crippen LogP contribution in [0.2, 0.25) is 0 Å². The van der Waals surface area contributed by atoms with Crippen LogP contribution in [-0.4, -0.2) is 75.2 Å². The minimum absolute atomic E-state index is 0.0820. The molecule has 1 aromatic rings. The third-order valence-corrected chi connectivity index (χ3v) is 5.90. The van der Waals surface area contributed by atoms with Crippen LogP contribution in [0.3, 0.4) is 0 Å². The lowest BCUT2D eigenvalue weighted by atomic mass is 9.98. The van der Waals surface area contributed by atoms with Crippen molar-refractivity contribution in [2.24, 2.45) is 17.4 Å². The number of amides is 3. The van der Waals surface area contributed by atoms with Crippen molar-refractivity contribution in [2.75, 3.05) is 12.3 Å². The number of nitrogens with one attached hydrogen (secondary N) is 4. The number of carbonyl (C=O) groups excluding carboxylic acids is 3. The van der Waals surface area contributed by atoms with Gasteiger partial charge < -0.3 is 37.5 Å². The fourth-order valence-corrected chi connectivity index (χ4v) is 3.32. The molecule has 0 aromatic carbocycles. The highest BCUT2D eigenvalue weighted by Crippen LogP contribution is 2.10. The summed E-state index contributed by atoms with van der Waals surface area (Å²) in [7, 11) is 0. The molecule has 0 saturated heterocycles. The van der Waals surface area contributed by atoms with Crippen LogP contribution in [0.1, 0.15) is 45.2 Å². The summed E-state index contributed by atoms with van der Waals surface area (Å²) in [6, 6.07) is -4.07. The smallest absolute Gasteiger partial charge is 0.326 e. The van der Waals surface area contributed by atoms with Gasteiger partial charge in [0.2, 0.25) is 17.7 Å². The van der Waals surface area contributed by atoms with Gasteiger partial charge in [0.05, 0.1) is 12.4 Å². The predicted molar refractivity (Wildman–Crippen MR) is 130 cm³/mol. The van der Waals surface area contributed by atoms with E-state index in [0.29, 0.717) is 31.5 Å². The molecule has 0 aliphatic heterocycles. The highest BCUT2D eigenvalue weighted by atomic mass is 32.1. The van der Waals surface area contributed by atoms with Gasteiger partial charge in [-0.05, 0) is 31.7 Å². The first-order chi connectivity index (χ1) is 16.1. The van der Waals surface area contributed by atoms with Crippen molar-refractivity contribution >= 4 is 36.3 Å². The van der Waals surface area contributed by atoms with Crippen molar-refractivity contribution in [1.82, 2.24) is 25.9 Å². The molecule has 0 radical (unpaired) electrons. The number of hydrogen-bond acceptors (Lipinski definition) is 8. The van der Waals surface area contributed by atoms with Crippen molar-refractivity contribution in [3.05, 3.63) is 18.2 Å². The zero-order valence-corrected chi connectivity index (χ0v) is 20.5. The van der Waals surface area contributed by atoms with Gasteiger partial charge in [-0.2, -0.15) is 12.6 Å². The van der Waals surface area contributed by atoms with Crippen LogP contribution in [0.25, 0.3) is 0 Å². The number of aliphatic carboxylic acids is 1. The number of thiol groups is 1. The maximum atomic E-state index is 13.1. The highest BCUT2D eigenvalue weighted by molar-refractivity contribution is 7.80. The number of carboxylic acid groups (broad SMARTS) is 1. The number of imidazole rings is 1. The molecule has 0 fully saturated rings. The first-order valence-electron chi connectivity index (χ1n) is 11.3. The van der Waals surface area contributed by atoms with Gasteiger partial charge in [0.15, 0.2) is 0 Å². The molecule has 12 nitrogen and oxygen atoms in total. The average molecular weight is 500 g/mol. The Morgan fingerprint density at radius 3 is 2.29 bits per heavy atom. The summed E-state index contributed by atoms with van der Waals surface area (Å²) in [5.74, 6) is -3.17. The van der Waals surface area contributed by atoms with Crippen molar-refractivity contribution in [1.29, 1.82) is 0 Å². The Labute approximate surface area is 204 Å². The number of H-pyrrole nitrogens is 1. The minimum Gasteiger partial charge on any atom is -0.480 e. The quantitative estimate of drug-likeness (QED) is 0.103. The molecule has 9 N–H and O–H groups in total. The average Bonchev–Trinajstić information content (AvgIpc) is 3.33. The molecular formula is C21H37N7O5S. The van der Waals surface area contributed by atoms with Crippen LogP contribution in [0, 0.1) is 5.92 Å². The SMILES string of the molecule is CCC(C)C(NC(=O)C(CCCCN)NC(=O)C(Cc1cnc[nH]1)NC(=O)C(N)CS)C(=O)O.